The highest BCUT2D eigenvalue weighted by Gasteiger charge is 2.23. The molecule has 0 saturated carbocycles. The summed E-state index contributed by atoms with van der Waals surface area (Å²) in [6, 6.07) is 0. The fourth-order valence-corrected chi connectivity index (χ4v) is 1.89. The number of carbonyl (C=O) groups is 2. The van der Waals surface area contributed by atoms with Crippen LogP contribution in [0.1, 0.15) is 19.8 Å². The van der Waals surface area contributed by atoms with E-state index in [4.69, 9.17) is 0 Å². The summed E-state index contributed by atoms with van der Waals surface area (Å²) in [4.78, 5) is 26.6. The highest BCUT2D eigenvalue weighted by Crippen LogP contribution is 2.08. The largest absolute Gasteiger partial charge is 0.392 e. The number of nitrogens with zero attached hydrogens (tertiary/aromatic N) is 2. The topological polar surface area (TPSA) is 72.9 Å². The second kappa shape index (κ2) is 7.33. The first-order valence-corrected chi connectivity index (χ1v) is 6.44. The molecule has 6 nitrogen and oxygen atoms in total. The SMILES string of the molecule is CCCNC(=O)CN(C)C(=O)CN1CC[C@@H](O)C1. The van der Waals surface area contributed by atoms with Crippen molar-refractivity contribution in [3.05, 3.63) is 0 Å². The molecule has 1 saturated heterocycles. The zero-order valence-corrected chi connectivity index (χ0v) is 11.2. The third-order valence-electron chi connectivity index (χ3n) is 2.99. The lowest BCUT2D eigenvalue weighted by Crippen LogP contribution is -2.43. The van der Waals surface area contributed by atoms with E-state index in [9.17, 15) is 14.7 Å². The Morgan fingerprint density at radius 3 is 2.78 bits per heavy atom. The molecule has 104 valence electrons. The molecule has 0 aromatic carbocycles. The van der Waals surface area contributed by atoms with Gasteiger partial charge in [0.25, 0.3) is 0 Å². The standard InChI is InChI=1S/C12H23N3O3/c1-3-5-13-11(17)8-14(2)12(18)9-15-6-4-10(16)7-15/h10,16H,3-9H2,1-2H3,(H,13,17)/t10-/m1/s1. The van der Waals surface area contributed by atoms with Gasteiger partial charge in [-0.15, -0.1) is 0 Å². The Labute approximate surface area is 108 Å². The zero-order valence-electron chi connectivity index (χ0n) is 11.2. The normalized spacial score (nSPS) is 19.8. The van der Waals surface area contributed by atoms with Crippen LogP contribution in [0.25, 0.3) is 0 Å². The van der Waals surface area contributed by atoms with E-state index in [2.05, 4.69) is 5.32 Å². The van der Waals surface area contributed by atoms with Crippen LogP contribution in [-0.4, -0.2) is 72.6 Å². The Bertz CT molecular complexity index is 296. The molecule has 0 aromatic heterocycles. The van der Waals surface area contributed by atoms with Crippen LogP contribution in [0.2, 0.25) is 0 Å². The number of hydrogen-bond acceptors (Lipinski definition) is 4. The molecule has 0 unspecified atom stereocenters. The Kier molecular flexibility index (Phi) is 6.07. The number of aliphatic hydroxyl groups excluding tert-OH is 1. The van der Waals surface area contributed by atoms with Crippen LogP contribution in [0.5, 0.6) is 0 Å². The van der Waals surface area contributed by atoms with Gasteiger partial charge in [-0.1, -0.05) is 6.92 Å². The zero-order chi connectivity index (χ0) is 13.5. The number of amides is 2. The quantitative estimate of drug-likeness (QED) is 0.643. The van der Waals surface area contributed by atoms with Gasteiger partial charge in [-0.05, 0) is 12.8 Å². The van der Waals surface area contributed by atoms with Gasteiger partial charge in [0.05, 0.1) is 19.2 Å². The summed E-state index contributed by atoms with van der Waals surface area (Å²) in [6.45, 7) is 4.27. The molecule has 0 spiro atoms. The molecule has 0 aliphatic carbocycles. The third-order valence-corrected chi connectivity index (χ3v) is 2.99. The number of likely N-dealkylation sites (tertiary alicyclic amines) is 1. The van der Waals surface area contributed by atoms with E-state index < -0.39 is 0 Å². The lowest BCUT2D eigenvalue weighted by molar-refractivity contribution is -0.135. The molecular weight excluding hydrogens is 234 g/mol. The minimum atomic E-state index is -0.323. The molecule has 0 radical (unpaired) electrons. The van der Waals surface area contributed by atoms with Gasteiger partial charge in [0.1, 0.15) is 0 Å². The van der Waals surface area contributed by atoms with Crippen molar-refractivity contribution < 1.29 is 14.7 Å². The summed E-state index contributed by atoms with van der Waals surface area (Å²) in [7, 11) is 1.63. The molecule has 1 fully saturated rings. The van der Waals surface area contributed by atoms with Crippen LogP contribution < -0.4 is 5.32 Å². The smallest absolute Gasteiger partial charge is 0.239 e. The van der Waals surface area contributed by atoms with E-state index in [1.807, 2.05) is 11.8 Å². The number of likely N-dealkylation sites (N-methyl/N-ethyl adjacent to an activating group) is 1. The number of rotatable bonds is 6. The Morgan fingerprint density at radius 2 is 2.22 bits per heavy atom. The van der Waals surface area contributed by atoms with Crippen LogP contribution in [0.4, 0.5) is 0 Å². The van der Waals surface area contributed by atoms with Crippen molar-refractivity contribution in [2.24, 2.45) is 0 Å². The fraction of sp³-hybridized carbons (Fsp3) is 0.833. The summed E-state index contributed by atoms with van der Waals surface area (Å²) >= 11 is 0. The maximum absolute atomic E-state index is 11.8. The van der Waals surface area contributed by atoms with E-state index in [0.29, 0.717) is 19.5 Å². The number of aliphatic hydroxyl groups is 1. The fourth-order valence-electron chi connectivity index (χ4n) is 1.89. The van der Waals surface area contributed by atoms with Gasteiger partial charge < -0.3 is 15.3 Å². The van der Waals surface area contributed by atoms with Crippen LogP contribution in [-0.2, 0) is 9.59 Å². The minimum Gasteiger partial charge on any atom is -0.392 e. The minimum absolute atomic E-state index is 0.0873. The lowest BCUT2D eigenvalue weighted by Gasteiger charge is -2.20. The summed E-state index contributed by atoms with van der Waals surface area (Å²) in [5, 5.41) is 12.1. The molecule has 1 rings (SSSR count). The van der Waals surface area contributed by atoms with Crippen molar-refractivity contribution in [3.63, 3.8) is 0 Å². The van der Waals surface area contributed by atoms with Gasteiger partial charge in [-0.3, -0.25) is 14.5 Å². The number of β-amino-alcohol motifs (C(OH)–C–C–N with tert-alkyl or cyclic N) is 1. The van der Waals surface area contributed by atoms with E-state index >= 15 is 0 Å². The van der Waals surface area contributed by atoms with Crippen molar-refractivity contribution in [1.29, 1.82) is 0 Å². The molecule has 0 bridgehead atoms. The maximum atomic E-state index is 11.8. The van der Waals surface area contributed by atoms with E-state index in [0.717, 1.165) is 13.0 Å². The Balaban J connectivity index is 2.26. The van der Waals surface area contributed by atoms with E-state index in [1.165, 1.54) is 4.90 Å². The number of carbonyl (C=O) groups excluding carboxylic acids is 2. The molecule has 1 atom stereocenters. The predicted octanol–water partition coefficient (Wildman–Crippen LogP) is -0.962. The third kappa shape index (κ3) is 5.01. The van der Waals surface area contributed by atoms with Crippen molar-refractivity contribution in [2.75, 3.05) is 39.8 Å². The van der Waals surface area contributed by atoms with Gasteiger partial charge in [0.15, 0.2) is 0 Å². The summed E-state index contributed by atoms with van der Waals surface area (Å²) < 4.78 is 0. The first-order valence-electron chi connectivity index (χ1n) is 6.44. The van der Waals surface area contributed by atoms with Crippen molar-refractivity contribution in [2.45, 2.75) is 25.9 Å². The molecule has 1 heterocycles. The molecule has 1 aliphatic rings. The van der Waals surface area contributed by atoms with Crippen molar-refractivity contribution >= 4 is 11.8 Å². The van der Waals surface area contributed by atoms with Gasteiger partial charge in [-0.2, -0.15) is 0 Å². The molecule has 6 heteroatoms. The second-order valence-electron chi connectivity index (χ2n) is 4.78. The van der Waals surface area contributed by atoms with Crippen LogP contribution in [0, 0.1) is 0 Å². The van der Waals surface area contributed by atoms with Crippen LogP contribution in [0.15, 0.2) is 0 Å². The van der Waals surface area contributed by atoms with Crippen molar-refractivity contribution in [3.8, 4) is 0 Å². The highest BCUT2D eigenvalue weighted by molar-refractivity contribution is 5.85. The summed E-state index contributed by atoms with van der Waals surface area (Å²) in [5.41, 5.74) is 0. The summed E-state index contributed by atoms with van der Waals surface area (Å²) in [5.74, 6) is -0.218. The molecule has 2 amide bonds. The monoisotopic (exact) mass is 257 g/mol. The molecule has 0 aromatic rings. The van der Waals surface area contributed by atoms with Gasteiger partial charge in [0.2, 0.25) is 11.8 Å². The van der Waals surface area contributed by atoms with E-state index in [1.54, 1.807) is 7.05 Å². The number of nitrogens with one attached hydrogen (secondary N) is 1. The molecule has 2 N–H and O–H groups in total. The highest BCUT2D eigenvalue weighted by atomic mass is 16.3. The maximum Gasteiger partial charge on any atom is 0.239 e. The first-order chi connectivity index (χ1) is 8.52. The first kappa shape index (κ1) is 14.9. The average molecular weight is 257 g/mol. The average Bonchev–Trinajstić information content (AvgIpc) is 2.72. The predicted molar refractivity (Wildman–Crippen MR) is 68.0 cm³/mol. The Morgan fingerprint density at radius 1 is 1.50 bits per heavy atom. The van der Waals surface area contributed by atoms with Gasteiger partial charge in [0, 0.05) is 26.7 Å². The molecule has 18 heavy (non-hydrogen) atoms. The van der Waals surface area contributed by atoms with Crippen molar-refractivity contribution in [1.82, 2.24) is 15.1 Å². The van der Waals surface area contributed by atoms with E-state index in [-0.39, 0.29) is 31.0 Å². The molecule has 1 aliphatic heterocycles. The summed E-state index contributed by atoms with van der Waals surface area (Å²) in [6.07, 6.45) is 1.28. The lowest BCUT2D eigenvalue weighted by atomic mass is 10.3. The Hall–Kier alpha value is -1.14. The number of hydrogen-bond donors (Lipinski definition) is 2. The van der Waals surface area contributed by atoms with Crippen LogP contribution >= 0.6 is 0 Å². The van der Waals surface area contributed by atoms with Crippen LogP contribution in [0.3, 0.4) is 0 Å². The second-order valence-corrected chi connectivity index (χ2v) is 4.78. The molecular formula is C12H23N3O3. The van der Waals surface area contributed by atoms with Gasteiger partial charge >= 0.3 is 0 Å². The van der Waals surface area contributed by atoms with Gasteiger partial charge in [-0.25, -0.2) is 0 Å².